The molecule has 6 nitrogen and oxygen atoms in total. The molecule has 25 heavy (non-hydrogen) atoms. The van der Waals surface area contributed by atoms with Crippen LogP contribution >= 0.6 is 0 Å². The molecule has 1 N–H and O–H groups in total. The van der Waals surface area contributed by atoms with Crippen LogP contribution in [0.2, 0.25) is 0 Å². The van der Waals surface area contributed by atoms with Crippen molar-refractivity contribution in [3.63, 3.8) is 0 Å². The summed E-state index contributed by atoms with van der Waals surface area (Å²) in [5.74, 6) is 0.343. The Balaban J connectivity index is 1.77. The molecule has 0 fully saturated rings. The molecule has 0 aliphatic heterocycles. The molecule has 0 bridgehead atoms. The molecule has 0 atom stereocenters. The Morgan fingerprint density at radius 3 is 2.40 bits per heavy atom. The number of nitrogens with zero attached hydrogens (tertiary/aromatic N) is 4. The van der Waals surface area contributed by atoms with E-state index in [1.54, 1.807) is 17.3 Å². The first-order valence-electron chi connectivity index (χ1n) is 7.94. The maximum Gasteiger partial charge on any atom is 0.257 e. The molecule has 0 aliphatic carbocycles. The van der Waals surface area contributed by atoms with E-state index in [0.717, 1.165) is 11.1 Å². The van der Waals surface area contributed by atoms with Crippen LogP contribution in [-0.2, 0) is 6.54 Å². The molecule has 1 aromatic carbocycles. The monoisotopic (exact) mass is 334 g/mol. The normalized spacial score (nSPS) is 10.4. The first-order chi connectivity index (χ1) is 12.3. The Kier molecular flexibility index (Phi) is 5.43. The topological polar surface area (TPSA) is 79.2 Å². The molecule has 3 rings (SSSR count). The van der Waals surface area contributed by atoms with Gasteiger partial charge in [-0.15, -0.1) is 0 Å². The summed E-state index contributed by atoms with van der Waals surface area (Å²) in [5.41, 5.74) is 2.17. The molecule has 3 aromatic rings. The van der Waals surface area contributed by atoms with E-state index < -0.39 is 0 Å². The number of rotatable bonds is 6. The highest BCUT2D eigenvalue weighted by Gasteiger charge is 2.17. The van der Waals surface area contributed by atoms with Crippen molar-refractivity contribution in [3.05, 3.63) is 78.4 Å². The third-order valence-corrected chi connectivity index (χ3v) is 3.68. The van der Waals surface area contributed by atoms with Gasteiger partial charge in [-0.25, -0.2) is 9.97 Å². The second kappa shape index (κ2) is 8.12. The summed E-state index contributed by atoms with van der Waals surface area (Å²) >= 11 is 0. The van der Waals surface area contributed by atoms with Crippen LogP contribution < -0.4 is 0 Å². The lowest BCUT2D eigenvalue weighted by atomic mass is 10.2. The Morgan fingerprint density at radius 1 is 1.00 bits per heavy atom. The minimum Gasteiger partial charge on any atom is -0.395 e. The predicted molar refractivity (Wildman–Crippen MR) is 93.5 cm³/mol. The van der Waals surface area contributed by atoms with E-state index in [0.29, 0.717) is 17.9 Å². The van der Waals surface area contributed by atoms with Crippen molar-refractivity contribution in [1.82, 2.24) is 19.9 Å². The van der Waals surface area contributed by atoms with Crippen molar-refractivity contribution in [3.8, 4) is 11.4 Å². The Morgan fingerprint density at radius 2 is 1.76 bits per heavy atom. The average molecular weight is 334 g/mol. The summed E-state index contributed by atoms with van der Waals surface area (Å²) in [5, 5.41) is 9.26. The van der Waals surface area contributed by atoms with E-state index >= 15 is 0 Å². The molecular formula is C19H18N4O2. The minimum atomic E-state index is -0.225. The number of aliphatic hydroxyl groups is 1. The van der Waals surface area contributed by atoms with Crippen LogP contribution in [0.4, 0.5) is 0 Å². The van der Waals surface area contributed by atoms with Crippen molar-refractivity contribution in [1.29, 1.82) is 0 Å². The molecular weight excluding hydrogens is 316 g/mol. The highest BCUT2D eigenvalue weighted by atomic mass is 16.3. The van der Waals surface area contributed by atoms with E-state index in [1.807, 2.05) is 42.5 Å². The highest BCUT2D eigenvalue weighted by molar-refractivity contribution is 5.93. The van der Waals surface area contributed by atoms with Gasteiger partial charge in [0.15, 0.2) is 5.82 Å². The lowest BCUT2D eigenvalue weighted by Crippen LogP contribution is -2.33. The van der Waals surface area contributed by atoms with Gasteiger partial charge in [0.25, 0.3) is 5.91 Å². The number of aromatic nitrogens is 3. The largest absolute Gasteiger partial charge is 0.395 e. The summed E-state index contributed by atoms with van der Waals surface area (Å²) in [6.45, 7) is 0.483. The molecule has 6 heteroatoms. The fourth-order valence-electron chi connectivity index (χ4n) is 2.44. The third-order valence-electron chi connectivity index (χ3n) is 3.68. The molecule has 2 heterocycles. The highest BCUT2D eigenvalue weighted by Crippen LogP contribution is 2.14. The van der Waals surface area contributed by atoms with Gasteiger partial charge < -0.3 is 10.0 Å². The van der Waals surface area contributed by atoms with Crippen LogP contribution in [0.3, 0.4) is 0 Å². The summed E-state index contributed by atoms with van der Waals surface area (Å²) < 4.78 is 0. The van der Waals surface area contributed by atoms with Gasteiger partial charge in [0.1, 0.15) is 0 Å². The zero-order chi connectivity index (χ0) is 17.5. The molecule has 0 aliphatic rings. The van der Waals surface area contributed by atoms with E-state index in [9.17, 15) is 9.90 Å². The number of amides is 1. The predicted octanol–water partition coefficient (Wildman–Crippen LogP) is 2.17. The van der Waals surface area contributed by atoms with Gasteiger partial charge in [-0.2, -0.15) is 0 Å². The van der Waals surface area contributed by atoms with Gasteiger partial charge in [-0.05, 0) is 11.6 Å². The molecule has 1 amide bonds. The van der Waals surface area contributed by atoms with Crippen molar-refractivity contribution in [2.45, 2.75) is 6.54 Å². The molecule has 0 saturated heterocycles. The molecule has 126 valence electrons. The first kappa shape index (κ1) is 16.7. The molecule has 0 unspecified atom stereocenters. The van der Waals surface area contributed by atoms with Crippen LogP contribution in [0, 0.1) is 0 Å². The summed E-state index contributed by atoms with van der Waals surface area (Å²) in [6.07, 6.45) is 6.42. The maximum atomic E-state index is 12.7. The number of hydrogen-bond acceptors (Lipinski definition) is 5. The van der Waals surface area contributed by atoms with Crippen molar-refractivity contribution < 1.29 is 9.90 Å². The Labute approximate surface area is 145 Å². The van der Waals surface area contributed by atoms with Gasteiger partial charge in [0, 0.05) is 43.4 Å². The van der Waals surface area contributed by atoms with Crippen LogP contribution in [0.5, 0.6) is 0 Å². The van der Waals surface area contributed by atoms with Crippen LogP contribution in [-0.4, -0.2) is 44.0 Å². The SMILES string of the molecule is O=C(c1cnc(-c2ccccc2)nc1)N(CCO)Cc1cccnc1. The van der Waals surface area contributed by atoms with E-state index in [2.05, 4.69) is 15.0 Å². The van der Waals surface area contributed by atoms with Gasteiger partial charge in [-0.1, -0.05) is 36.4 Å². The van der Waals surface area contributed by atoms with Crippen molar-refractivity contribution in [2.75, 3.05) is 13.2 Å². The smallest absolute Gasteiger partial charge is 0.257 e. The van der Waals surface area contributed by atoms with E-state index in [4.69, 9.17) is 0 Å². The Hall–Kier alpha value is -3.12. The lowest BCUT2D eigenvalue weighted by molar-refractivity contribution is 0.0707. The fraction of sp³-hybridized carbons (Fsp3) is 0.158. The quantitative estimate of drug-likeness (QED) is 0.747. The molecule has 0 saturated carbocycles. The minimum absolute atomic E-state index is 0.116. The third kappa shape index (κ3) is 4.24. The van der Waals surface area contributed by atoms with Crippen LogP contribution in [0.1, 0.15) is 15.9 Å². The van der Waals surface area contributed by atoms with Gasteiger partial charge in [-0.3, -0.25) is 9.78 Å². The van der Waals surface area contributed by atoms with Crippen molar-refractivity contribution in [2.24, 2.45) is 0 Å². The zero-order valence-corrected chi connectivity index (χ0v) is 13.6. The van der Waals surface area contributed by atoms with Crippen molar-refractivity contribution >= 4 is 5.91 Å². The lowest BCUT2D eigenvalue weighted by Gasteiger charge is -2.21. The average Bonchev–Trinajstić information content (AvgIpc) is 2.69. The number of carbonyl (C=O) groups is 1. The number of aliphatic hydroxyl groups excluding tert-OH is 1. The van der Waals surface area contributed by atoms with Crippen LogP contribution in [0.25, 0.3) is 11.4 Å². The number of benzene rings is 1. The van der Waals surface area contributed by atoms with E-state index in [-0.39, 0.29) is 19.1 Å². The summed E-state index contributed by atoms with van der Waals surface area (Å²) in [6, 6.07) is 13.3. The number of carbonyl (C=O) groups excluding carboxylic acids is 1. The molecule has 2 aromatic heterocycles. The number of pyridine rings is 1. The van der Waals surface area contributed by atoms with Gasteiger partial charge in [0.2, 0.25) is 0 Å². The van der Waals surface area contributed by atoms with Crippen LogP contribution in [0.15, 0.2) is 67.3 Å². The van der Waals surface area contributed by atoms with E-state index in [1.165, 1.54) is 12.4 Å². The second-order valence-corrected chi connectivity index (χ2v) is 5.47. The maximum absolute atomic E-state index is 12.7. The summed E-state index contributed by atoms with van der Waals surface area (Å²) in [4.78, 5) is 26.9. The second-order valence-electron chi connectivity index (χ2n) is 5.47. The number of hydrogen-bond donors (Lipinski definition) is 1. The Bertz CT molecular complexity index is 808. The zero-order valence-electron chi connectivity index (χ0n) is 13.6. The van der Waals surface area contributed by atoms with Gasteiger partial charge >= 0.3 is 0 Å². The fourth-order valence-corrected chi connectivity index (χ4v) is 2.44. The first-order valence-corrected chi connectivity index (χ1v) is 7.94. The van der Waals surface area contributed by atoms with Gasteiger partial charge in [0.05, 0.1) is 12.2 Å². The summed E-state index contributed by atoms with van der Waals surface area (Å²) in [7, 11) is 0. The molecule has 0 spiro atoms. The molecule has 0 radical (unpaired) electrons. The standard InChI is InChI=1S/C19H18N4O2/c24-10-9-23(14-15-5-4-8-20-11-15)19(25)17-12-21-18(22-13-17)16-6-2-1-3-7-16/h1-8,11-13,24H,9-10,14H2.